The highest BCUT2D eigenvalue weighted by Crippen LogP contribution is 2.39. The van der Waals surface area contributed by atoms with Crippen LogP contribution in [0.5, 0.6) is 0 Å². The van der Waals surface area contributed by atoms with Crippen LogP contribution < -0.4 is 5.32 Å². The van der Waals surface area contributed by atoms with Crippen molar-refractivity contribution in [1.82, 2.24) is 20.5 Å². The fourth-order valence-corrected chi connectivity index (χ4v) is 3.82. The Hall–Kier alpha value is -1.98. The van der Waals surface area contributed by atoms with E-state index in [9.17, 15) is 0 Å². The number of piperidine rings is 1. The molecule has 3 heterocycles. The number of nitrogens with one attached hydrogen (secondary N) is 2. The van der Waals surface area contributed by atoms with Gasteiger partial charge in [-0.2, -0.15) is 5.10 Å². The summed E-state index contributed by atoms with van der Waals surface area (Å²) in [5.41, 5.74) is 5.76. The number of H-pyrrole nitrogens is 1. The molecule has 1 saturated heterocycles. The summed E-state index contributed by atoms with van der Waals surface area (Å²) in [5, 5.41) is 11.5. The van der Waals surface area contributed by atoms with Crippen LogP contribution >= 0.6 is 15.9 Å². The van der Waals surface area contributed by atoms with Gasteiger partial charge in [0.2, 0.25) is 0 Å². The molecule has 0 saturated carbocycles. The Morgan fingerprint density at radius 3 is 2.54 bits per heavy atom. The Morgan fingerprint density at radius 2 is 1.79 bits per heavy atom. The highest BCUT2D eigenvalue weighted by Gasteiger charge is 2.24. The van der Waals surface area contributed by atoms with Gasteiger partial charge in [0.1, 0.15) is 5.69 Å². The molecule has 0 amide bonds. The van der Waals surface area contributed by atoms with Gasteiger partial charge in [0.05, 0.1) is 0 Å². The molecule has 4 rings (SSSR count). The van der Waals surface area contributed by atoms with Crippen molar-refractivity contribution >= 4 is 15.9 Å². The molecule has 1 fully saturated rings. The van der Waals surface area contributed by atoms with Gasteiger partial charge in [-0.15, -0.1) is 0 Å². The molecule has 0 bridgehead atoms. The first-order valence-electron chi connectivity index (χ1n) is 8.28. The minimum absolute atomic E-state index is 0.516. The number of rotatable bonds is 3. The van der Waals surface area contributed by atoms with Crippen LogP contribution in [0.4, 0.5) is 0 Å². The average molecular weight is 383 g/mol. The number of nitrogens with zero attached hydrogens (tertiary/aromatic N) is 2. The van der Waals surface area contributed by atoms with Crippen LogP contribution in [0.1, 0.15) is 24.5 Å². The van der Waals surface area contributed by atoms with E-state index in [0.29, 0.717) is 5.92 Å². The van der Waals surface area contributed by atoms with E-state index in [1.165, 1.54) is 16.8 Å². The van der Waals surface area contributed by atoms with Crippen LogP contribution in [0.2, 0.25) is 0 Å². The molecule has 5 heteroatoms. The lowest BCUT2D eigenvalue weighted by Gasteiger charge is -2.22. The van der Waals surface area contributed by atoms with E-state index in [4.69, 9.17) is 5.10 Å². The Bertz CT molecular complexity index is 822. The molecule has 2 aromatic heterocycles. The molecule has 1 aliphatic heterocycles. The first kappa shape index (κ1) is 15.5. The van der Waals surface area contributed by atoms with Gasteiger partial charge < -0.3 is 5.32 Å². The van der Waals surface area contributed by atoms with Crippen molar-refractivity contribution < 1.29 is 0 Å². The first-order valence-corrected chi connectivity index (χ1v) is 9.07. The molecule has 2 N–H and O–H groups in total. The van der Waals surface area contributed by atoms with Crippen molar-refractivity contribution in [1.29, 1.82) is 0 Å². The molecule has 122 valence electrons. The fraction of sp³-hybridized carbons (Fsp3) is 0.263. The number of hydrogen-bond donors (Lipinski definition) is 2. The Kier molecular flexibility index (Phi) is 4.45. The van der Waals surface area contributed by atoms with Gasteiger partial charge >= 0.3 is 0 Å². The molecule has 1 aromatic carbocycles. The SMILES string of the molecule is Brc1cccc(-c2n[nH]c(C3CCNCC3)c2-c2ccncc2)c1. The Morgan fingerprint density at radius 1 is 1.00 bits per heavy atom. The quantitative estimate of drug-likeness (QED) is 0.706. The van der Waals surface area contributed by atoms with Gasteiger partial charge in [0, 0.05) is 39.6 Å². The summed E-state index contributed by atoms with van der Waals surface area (Å²) in [6.07, 6.45) is 5.97. The van der Waals surface area contributed by atoms with E-state index in [-0.39, 0.29) is 0 Å². The maximum Gasteiger partial charge on any atom is 0.100 e. The lowest BCUT2D eigenvalue weighted by atomic mass is 9.88. The normalized spacial score (nSPS) is 15.5. The van der Waals surface area contributed by atoms with Crippen LogP contribution in [-0.2, 0) is 0 Å². The predicted molar refractivity (Wildman–Crippen MR) is 99.8 cm³/mol. The van der Waals surface area contributed by atoms with Crippen molar-refractivity contribution in [3.05, 3.63) is 59.0 Å². The van der Waals surface area contributed by atoms with E-state index in [1.54, 1.807) is 0 Å². The topological polar surface area (TPSA) is 53.6 Å². The summed E-state index contributed by atoms with van der Waals surface area (Å²) in [6.45, 7) is 2.12. The molecule has 24 heavy (non-hydrogen) atoms. The third-order valence-corrected chi connectivity index (χ3v) is 5.10. The predicted octanol–water partition coefficient (Wildman–Crippen LogP) is 4.37. The summed E-state index contributed by atoms with van der Waals surface area (Å²) in [6, 6.07) is 12.4. The van der Waals surface area contributed by atoms with Crippen LogP contribution in [0.25, 0.3) is 22.4 Å². The van der Waals surface area contributed by atoms with E-state index < -0.39 is 0 Å². The van der Waals surface area contributed by atoms with Crippen molar-refractivity contribution in [3.63, 3.8) is 0 Å². The van der Waals surface area contributed by atoms with E-state index in [1.807, 2.05) is 18.5 Å². The van der Waals surface area contributed by atoms with Crippen LogP contribution in [0.15, 0.2) is 53.3 Å². The second kappa shape index (κ2) is 6.87. The second-order valence-corrected chi connectivity index (χ2v) is 7.05. The Labute approximate surface area is 149 Å². The molecule has 0 unspecified atom stereocenters. The van der Waals surface area contributed by atoms with Gasteiger partial charge in [-0.3, -0.25) is 10.1 Å². The van der Waals surface area contributed by atoms with E-state index in [0.717, 1.165) is 41.7 Å². The van der Waals surface area contributed by atoms with Crippen molar-refractivity contribution in [2.75, 3.05) is 13.1 Å². The molecule has 0 atom stereocenters. The largest absolute Gasteiger partial charge is 0.317 e. The summed E-state index contributed by atoms with van der Waals surface area (Å²) >= 11 is 3.57. The minimum atomic E-state index is 0.516. The first-order chi connectivity index (χ1) is 11.8. The molecule has 4 nitrogen and oxygen atoms in total. The van der Waals surface area contributed by atoms with Crippen molar-refractivity contribution in [3.8, 4) is 22.4 Å². The highest BCUT2D eigenvalue weighted by atomic mass is 79.9. The number of pyridine rings is 1. The summed E-state index contributed by atoms with van der Waals surface area (Å²) in [5.74, 6) is 0.516. The van der Waals surface area contributed by atoms with Gasteiger partial charge in [-0.05, 0) is 55.8 Å². The maximum atomic E-state index is 4.69. The average Bonchev–Trinajstić information content (AvgIpc) is 3.08. The second-order valence-electron chi connectivity index (χ2n) is 6.13. The highest BCUT2D eigenvalue weighted by molar-refractivity contribution is 9.10. The molecule has 3 aromatic rings. The van der Waals surface area contributed by atoms with Crippen LogP contribution in [0.3, 0.4) is 0 Å². The van der Waals surface area contributed by atoms with Crippen molar-refractivity contribution in [2.45, 2.75) is 18.8 Å². The third-order valence-electron chi connectivity index (χ3n) is 4.61. The van der Waals surface area contributed by atoms with Crippen molar-refractivity contribution in [2.24, 2.45) is 0 Å². The van der Waals surface area contributed by atoms with Gasteiger partial charge in [0.15, 0.2) is 0 Å². The molecule has 0 radical (unpaired) electrons. The minimum Gasteiger partial charge on any atom is -0.317 e. The molecule has 1 aliphatic rings. The zero-order valence-electron chi connectivity index (χ0n) is 13.3. The third kappa shape index (κ3) is 3.01. The van der Waals surface area contributed by atoms with Gasteiger partial charge in [-0.1, -0.05) is 28.1 Å². The summed E-state index contributed by atoms with van der Waals surface area (Å²) < 4.78 is 1.06. The van der Waals surface area contributed by atoms with E-state index in [2.05, 4.69) is 61.7 Å². The number of aromatic amines is 1. The smallest absolute Gasteiger partial charge is 0.100 e. The lowest BCUT2D eigenvalue weighted by molar-refractivity contribution is 0.453. The molecule has 0 aliphatic carbocycles. The van der Waals surface area contributed by atoms with Crippen LogP contribution in [0, 0.1) is 0 Å². The summed E-state index contributed by atoms with van der Waals surface area (Å²) in [7, 11) is 0. The van der Waals surface area contributed by atoms with Gasteiger partial charge in [0.25, 0.3) is 0 Å². The summed E-state index contributed by atoms with van der Waals surface area (Å²) in [4.78, 5) is 4.17. The van der Waals surface area contributed by atoms with E-state index >= 15 is 0 Å². The Balaban J connectivity index is 1.86. The zero-order chi connectivity index (χ0) is 16.4. The number of aromatic nitrogens is 3. The zero-order valence-corrected chi connectivity index (χ0v) is 14.9. The number of hydrogen-bond acceptors (Lipinski definition) is 3. The molecule has 0 spiro atoms. The maximum absolute atomic E-state index is 4.69. The van der Waals surface area contributed by atoms with Crippen LogP contribution in [-0.4, -0.2) is 28.3 Å². The number of halogens is 1. The lowest BCUT2D eigenvalue weighted by Crippen LogP contribution is -2.27. The monoisotopic (exact) mass is 382 g/mol. The molecular formula is C19H19BrN4. The standard InChI is InChI=1S/C19H19BrN4/c20-16-3-1-2-15(12-16)19-17(13-4-8-21-9-5-13)18(23-24-19)14-6-10-22-11-7-14/h1-5,8-9,12,14,22H,6-7,10-11H2,(H,23,24). The fourth-order valence-electron chi connectivity index (χ4n) is 3.42. The van der Waals surface area contributed by atoms with Gasteiger partial charge in [-0.25, -0.2) is 0 Å². The number of benzene rings is 1. The molecular weight excluding hydrogens is 364 g/mol.